The van der Waals surface area contributed by atoms with Crippen LogP contribution < -0.4 is 5.32 Å². The molecule has 0 bridgehead atoms. The molecular weight excluding hydrogens is 256 g/mol. The Balaban J connectivity index is 1.56. The topological polar surface area (TPSA) is 24.4 Å². The standard InChI is InChI=1S/C19H22N2/c1-3-7-16(8-4-1)14-20-15-17-11-12-21-19(13-17)18-9-5-2-6-10-18/h1-10,15,17,19,21H,11-14H2/b20-15-/t17?,19-/m1/s1. The Morgan fingerprint density at radius 2 is 1.71 bits per heavy atom. The molecule has 108 valence electrons. The van der Waals surface area contributed by atoms with Crippen LogP contribution in [0.3, 0.4) is 0 Å². The van der Waals surface area contributed by atoms with Gasteiger partial charge in [0.05, 0.1) is 6.54 Å². The van der Waals surface area contributed by atoms with E-state index in [9.17, 15) is 0 Å². The number of piperidine rings is 1. The quantitative estimate of drug-likeness (QED) is 0.840. The summed E-state index contributed by atoms with van der Waals surface area (Å²) in [5, 5.41) is 3.61. The summed E-state index contributed by atoms with van der Waals surface area (Å²) in [7, 11) is 0. The van der Waals surface area contributed by atoms with Crippen LogP contribution in [0.1, 0.15) is 30.0 Å². The fraction of sp³-hybridized carbons (Fsp3) is 0.316. The molecule has 1 unspecified atom stereocenters. The van der Waals surface area contributed by atoms with Crippen molar-refractivity contribution < 1.29 is 0 Å². The second kappa shape index (κ2) is 7.19. The minimum atomic E-state index is 0.466. The first-order valence-electron chi connectivity index (χ1n) is 7.74. The Kier molecular flexibility index (Phi) is 4.80. The number of benzene rings is 2. The molecule has 3 rings (SSSR count). The predicted octanol–water partition coefficient (Wildman–Crippen LogP) is 4.00. The van der Waals surface area contributed by atoms with Crippen LogP contribution in [-0.2, 0) is 6.54 Å². The molecule has 1 fully saturated rings. The second-order valence-corrected chi connectivity index (χ2v) is 5.68. The molecule has 2 heteroatoms. The predicted molar refractivity (Wildman–Crippen MR) is 88.5 cm³/mol. The molecule has 1 saturated heterocycles. The van der Waals surface area contributed by atoms with E-state index in [1.807, 2.05) is 6.07 Å². The van der Waals surface area contributed by atoms with Crippen molar-refractivity contribution in [2.45, 2.75) is 25.4 Å². The van der Waals surface area contributed by atoms with Crippen LogP contribution >= 0.6 is 0 Å². The first kappa shape index (κ1) is 14.0. The summed E-state index contributed by atoms with van der Waals surface area (Å²) in [5.41, 5.74) is 2.67. The zero-order valence-electron chi connectivity index (χ0n) is 12.3. The maximum atomic E-state index is 4.64. The number of rotatable bonds is 4. The van der Waals surface area contributed by atoms with Gasteiger partial charge in [0, 0.05) is 12.3 Å². The first-order valence-corrected chi connectivity index (χ1v) is 7.74. The van der Waals surface area contributed by atoms with Gasteiger partial charge in [-0.3, -0.25) is 4.99 Å². The van der Waals surface area contributed by atoms with Gasteiger partial charge in [-0.05, 0) is 36.4 Å². The third-order valence-corrected chi connectivity index (χ3v) is 4.08. The third-order valence-electron chi connectivity index (χ3n) is 4.08. The summed E-state index contributed by atoms with van der Waals surface area (Å²) in [5.74, 6) is 0.583. The summed E-state index contributed by atoms with van der Waals surface area (Å²) in [6.45, 7) is 1.86. The van der Waals surface area contributed by atoms with Crippen molar-refractivity contribution in [3.8, 4) is 0 Å². The minimum Gasteiger partial charge on any atom is -0.310 e. The van der Waals surface area contributed by atoms with Crippen molar-refractivity contribution in [3.63, 3.8) is 0 Å². The minimum absolute atomic E-state index is 0.466. The summed E-state index contributed by atoms with van der Waals surface area (Å²) in [6.07, 6.45) is 4.49. The van der Waals surface area contributed by atoms with E-state index in [0.29, 0.717) is 12.0 Å². The van der Waals surface area contributed by atoms with E-state index in [1.54, 1.807) is 0 Å². The van der Waals surface area contributed by atoms with Crippen LogP contribution in [0.25, 0.3) is 0 Å². The van der Waals surface area contributed by atoms with Gasteiger partial charge < -0.3 is 5.32 Å². The number of nitrogens with zero attached hydrogens (tertiary/aromatic N) is 1. The number of aliphatic imine (C=N–C) groups is 1. The van der Waals surface area contributed by atoms with E-state index in [-0.39, 0.29) is 0 Å². The first-order chi connectivity index (χ1) is 10.4. The molecule has 2 atom stereocenters. The van der Waals surface area contributed by atoms with Gasteiger partial charge in [-0.2, -0.15) is 0 Å². The van der Waals surface area contributed by atoms with E-state index in [4.69, 9.17) is 0 Å². The molecule has 0 spiro atoms. The molecule has 2 aromatic rings. The summed E-state index contributed by atoms with van der Waals surface area (Å²) < 4.78 is 0. The van der Waals surface area contributed by atoms with Gasteiger partial charge in [0.1, 0.15) is 0 Å². The lowest BCUT2D eigenvalue weighted by Crippen LogP contribution is -2.32. The van der Waals surface area contributed by atoms with Gasteiger partial charge >= 0.3 is 0 Å². The van der Waals surface area contributed by atoms with Gasteiger partial charge in [0.25, 0.3) is 0 Å². The van der Waals surface area contributed by atoms with E-state index in [1.165, 1.54) is 17.5 Å². The highest BCUT2D eigenvalue weighted by atomic mass is 14.9. The Hall–Kier alpha value is -1.93. The number of hydrogen-bond donors (Lipinski definition) is 1. The van der Waals surface area contributed by atoms with Crippen molar-refractivity contribution in [1.82, 2.24) is 5.32 Å². The van der Waals surface area contributed by atoms with Gasteiger partial charge in [0.15, 0.2) is 0 Å². The Morgan fingerprint density at radius 1 is 1.00 bits per heavy atom. The summed E-state index contributed by atoms with van der Waals surface area (Å²) >= 11 is 0. The monoisotopic (exact) mass is 278 g/mol. The van der Waals surface area contributed by atoms with Crippen LogP contribution in [-0.4, -0.2) is 12.8 Å². The van der Waals surface area contributed by atoms with Crippen molar-refractivity contribution in [2.24, 2.45) is 10.9 Å². The normalized spacial score (nSPS) is 22.5. The zero-order valence-corrected chi connectivity index (χ0v) is 12.3. The highest BCUT2D eigenvalue weighted by molar-refractivity contribution is 5.61. The highest BCUT2D eigenvalue weighted by Crippen LogP contribution is 2.26. The Labute approximate surface area is 126 Å². The van der Waals surface area contributed by atoms with Crippen LogP contribution in [0.15, 0.2) is 65.7 Å². The average molecular weight is 278 g/mol. The molecule has 1 aliphatic rings. The van der Waals surface area contributed by atoms with Crippen LogP contribution in [0.4, 0.5) is 0 Å². The molecule has 1 aliphatic heterocycles. The average Bonchev–Trinajstić information content (AvgIpc) is 2.57. The SMILES string of the molecule is C(=N/Cc1ccccc1)/C1CCN[C@@H](c2ccccc2)C1. The molecule has 0 radical (unpaired) electrons. The number of hydrogen-bond acceptors (Lipinski definition) is 2. The molecule has 1 N–H and O–H groups in total. The van der Waals surface area contributed by atoms with Crippen LogP contribution in [0.5, 0.6) is 0 Å². The van der Waals surface area contributed by atoms with Crippen LogP contribution in [0, 0.1) is 5.92 Å². The molecule has 0 amide bonds. The lowest BCUT2D eigenvalue weighted by Gasteiger charge is -2.28. The van der Waals surface area contributed by atoms with Crippen molar-refractivity contribution >= 4 is 6.21 Å². The van der Waals surface area contributed by atoms with E-state index in [2.05, 4.69) is 71.1 Å². The Morgan fingerprint density at radius 3 is 2.48 bits per heavy atom. The number of nitrogens with one attached hydrogen (secondary N) is 1. The molecule has 1 heterocycles. The third kappa shape index (κ3) is 4.02. The smallest absolute Gasteiger partial charge is 0.0635 e. The lowest BCUT2D eigenvalue weighted by molar-refractivity contribution is 0.369. The maximum absolute atomic E-state index is 4.64. The molecule has 0 aromatic heterocycles. The van der Waals surface area contributed by atoms with Gasteiger partial charge in [-0.1, -0.05) is 60.7 Å². The van der Waals surface area contributed by atoms with Crippen molar-refractivity contribution in [1.29, 1.82) is 0 Å². The van der Waals surface area contributed by atoms with Gasteiger partial charge in [0.2, 0.25) is 0 Å². The fourth-order valence-corrected chi connectivity index (χ4v) is 2.91. The molecule has 0 saturated carbocycles. The molecule has 2 aromatic carbocycles. The van der Waals surface area contributed by atoms with Gasteiger partial charge in [-0.15, -0.1) is 0 Å². The van der Waals surface area contributed by atoms with E-state index >= 15 is 0 Å². The fourth-order valence-electron chi connectivity index (χ4n) is 2.91. The largest absolute Gasteiger partial charge is 0.310 e. The molecule has 2 nitrogen and oxygen atoms in total. The van der Waals surface area contributed by atoms with Crippen molar-refractivity contribution in [3.05, 3.63) is 71.8 Å². The summed E-state index contributed by atoms with van der Waals surface area (Å²) in [4.78, 5) is 4.64. The summed E-state index contributed by atoms with van der Waals surface area (Å²) in [6, 6.07) is 21.6. The molecule has 0 aliphatic carbocycles. The lowest BCUT2D eigenvalue weighted by atomic mass is 9.89. The van der Waals surface area contributed by atoms with E-state index < -0.39 is 0 Å². The molecule has 21 heavy (non-hydrogen) atoms. The van der Waals surface area contributed by atoms with E-state index in [0.717, 1.165) is 19.5 Å². The maximum Gasteiger partial charge on any atom is 0.0635 e. The molecular formula is C19H22N2. The Bertz CT molecular complexity index is 563. The van der Waals surface area contributed by atoms with Crippen molar-refractivity contribution in [2.75, 3.05) is 6.54 Å². The second-order valence-electron chi connectivity index (χ2n) is 5.68. The van der Waals surface area contributed by atoms with Gasteiger partial charge in [-0.25, -0.2) is 0 Å². The zero-order chi connectivity index (χ0) is 14.3. The van der Waals surface area contributed by atoms with Crippen LogP contribution in [0.2, 0.25) is 0 Å². The highest BCUT2D eigenvalue weighted by Gasteiger charge is 2.21.